The maximum Gasteiger partial charge on any atom is 0.349 e. The summed E-state index contributed by atoms with van der Waals surface area (Å²) < 4.78 is 44.1. The molecule has 26 heavy (non-hydrogen) atoms. The van der Waals surface area contributed by atoms with Gasteiger partial charge in [-0.05, 0) is 48.9 Å². The van der Waals surface area contributed by atoms with E-state index in [2.05, 4.69) is 5.32 Å². The third-order valence-corrected chi connectivity index (χ3v) is 3.99. The SMILES string of the molecule is COc1ccc(C(F)(F)C(=O)N[C@@H](C)c2ccc(OC)c(OC)c2)cc1. The van der Waals surface area contributed by atoms with Gasteiger partial charge in [0.2, 0.25) is 0 Å². The van der Waals surface area contributed by atoms with Crippen molar-refractivity contribution < 1.29 is 27.8 Å². The number of carbonyl (C=O) groups is 1. The summed E-state index contributed by atoms with van der Waals surface area (Å²) in [6.45, 7) is 1.61. The van der Waals surface area contributed by atoms with E-state index in [1.54, 1.807) is 25.1 Å². The lowest BCUT2D eigenvalue weighted by atomic mass is 10.0. The van der Waals surface area contributed by atoms with Gasteiger partial charge >= 0.3 is 5.92 Å². The molecule has 0 heterocycles. The van der Waals surface area contributed by atoms with E-state index in [0.29, 0.717) is 22.8 Å². The minimum Gasteiger partial charge on any atom is -0.497 e. The van der Waals surface area contributed by atoms with Gasteiger partial charge in [0.05, 0.1) is 27.4 Å². The Morgan fingerprint density at radius 1 is 0.962 bits per heavy atom. The molecule has 2 rings (SSSR count). The van der Waals surface area contributed by atoms with Crippen LogP contribution in [0.25, 0.3) is 0 Å². The first-order valence-electron chi connectivity index (χ1n) is 7.88. The number of methoxy groups -OCH3 is 3. The van der Waals surface area contributed by atoms with E-state index in [0.717, 1.165) is 0 Å². The highest BCUT2D eigenvalue weighted by Crippen LogP contribution is 2.32. The first-order valence-corrected chi connectivity index (χ1v) is 7.88. The summed E-state index contributed by atoms with van der Waals surface area (Å²) in [4.78, 5) is 12.1. The molecule has 0 aliphatic heterocycles. The summed E-state index contributed by atoms with van der Waals surface area (Å²) in [5.41, 5.74) is 0.205. The summed E-state index contributed by atoms with van der Waals surface area (Å²) in [5.74, 6) is -3.66. The van der Waals surface area contributed by atoms with Gasteiger partial charge in [0.15, 0.2) is 11.5 Å². The highest BCUT2D eigenvalue weighted by atomic mass is 19.3. The molecule has 0 saturated heterocycles. The number of amides is 1. The van der Waals surface area contributed by atoms with Crippen LogP contribution in [0, 0.1) is 0 Å². The van der Waals surface area contributed by atoms with Gasteiger partial charge in [-0.3, -0.25) is 4.79 Å². The largest absolute Gasteiger partial charge is 0.497 e. The van der Waals surface area contributed by atoms with Crippen molar-refractivity contribution in [2.24, 2.45) is 0 Å². The van der Waals surface area contributed by atoms with Crippen molar-refractivity contribution in [1.29, 1.82) is 0 Å². The van der Waals surface area contributed by atoms with Crippen molar-refractivity contribution in [2.75, 3.05) is 21.3 Å². The fourth-order valence-corrected chi connectivity index (χ4v) is 2.42. The third kappa shape index (κ3) is 4.04. The Balaban J connectivity index is 2.16. The van der Waals surface area contributed by atoms with E-state index in [4.69, 9.17) is 14.2 Å². The van der Waals surface area contributed by atoms with Crippen molar-refractivity contribution in [2.45, 2.75) is 18.9 Å². The molecule has 7 heteroatoms. The Kier molecular flexibility index (Phi) is 6.02. The van der Waals surface area contributed by atoms with Crippen LogP contribution in [0.5, 0.6) is 17.2 Å². The topological polar surface area (TPSA) is 56.8 Å². The second kappa shape index (κ2) is 8.03. The molecular formula is C19H21F2NO4. The summed E-state index contributed by atoms with van der Waals surface area (Å²) >= 11 is 0. The highest BCUT2D eigenvalue weighted by Gasteiger charge is 2.41. The molecule has 1 N–H and O–H groups in total. The molecule has 0 aliphatic carbocycles. The van der Waals surface area contributed by atoms with Gasteiger partial charge in [-0.1, -0.05) is 6.07 Å². The minimum atomic E-state index is -3.67. The quantitative estimate of drug-likeness (QED) is 0.813. The number of nitrogens with one attached hydrogen (secondary N) is 1. The summed E-state index contributed by atoms with van der Waals surface area (Å²) in [5, 5.41) is 2.34. The molecule has 1 atom stereocenters. The van der Waals surface area contributed by atoms with Crippen LogP contribution < -0.4 is 19.5 Å². The lowest BCUT2D eigenvalue weighted by Crippen LogP contribution is -2.39. The van der Waals surface area contributed by atoms with Gasteiger partial charge in [0.1, 0.15) is 5.75 Å². The Morgan fingerprint density at radius 2 is 1.58 bits per heavy atom. The average Bonchev–Trinajstić information content (AvgIpc) is 2.67. The van der Waals surface area contributed by atoms with Crippen LogP contribution in [0.1, 0.15) is 24.1 Å². The van der Waals surface area contributed by atoms with Crippen molar-refractivity contribution in [3.63, 3.8) is 0 Å². The lowest BCUT2D eigenvalue weighted by Gasteiger charge is -2.21. The van der Waals surface area contributed by atoms with Crippen molar-refractivity contribution in [1.82, 2.24) is 5.32 Å². The monoisotopic (exact) mass is 365 g/mol. The van der Waals surface area contributed by atoms with Crippen LogP contribution in [0.15, 0.2) is 42.5 Å². The predicted molar refractivity (Wildman–Crippen MR) is 93.0 cm³/mol. The second-order valence-electron chi connectivity index (χ2n) is 5.61. The van der Waals surface area contributed by atoms with E-state index in [1.807, 2.05) is 0 Å². The van der Waals surface area contributed by atoms with Crippen LogP contribution in [-0.2, 0) is 10.7 Å². The fourth-order valence-electron chi connectivity index (χ4n) is 2.42. The Bertz CT molecular complexity index is 763. The smallest absolute Gasteiger partial charge is 0.349 e. The van der Waals surface area contributed by atoms with Crippen molar-refractivity contribution in [3.8, 4) is 17.2 Å². The molecule has 0 fully saturated rings. The zero-order chi connectivity index (χ0) is 19.3. The molecule has 0 bridgehead atoms. The van der Waals surface area contributed by atoms with Crippen LogP contribution in [0.3, 0.4) is 0 Å². The molecule has 1 amide bonds. The Morgan fingerprint density at radius 3 is 2.12 bits per heavy atom. The fraction of sp³-hybridized carbons (Fsp3) is 0.316. The van der Waals surface area contributed by atoms with Gasteiger partial charge in [0.25, 0.3) is 5.91 Å². The van der Waals surface area contributed by atoms with E-state index in [9.17, 15) is 13.6 Å². The minimum absolute atomic E-state index is 0.407. The number of rotatable bonds is 7. The number of alkyl halides is 2. The van der Waals surface area contributed by atoms with Crippen molar-refractivity contribution >= 4 is 5.91 Å². The first-order chi connectivity index (χ1) is 12.3. The molecule has 2 aromatic rings. The molecule has 140 valence electrons. The van der Waals surface area contributed by atoms with Crippen LogP contribution in [0.2, 0.25) is 0 Å². The van der Waals surface area contributed by atoms with Crippen molar-refractivity contribution in [3.05, 3.63) is 53.6 Å². The van der Waals surface area contributed by atoms with Crippen LogP contribution in [-0.4, -0.2) is 27.2 Å². The molecule has 0 aromatic heterocycles. The van der Waals surface area contributed by atoms with E-state index >= 15 is 0 Å². The zero-order valence-corrected chi connectivity index (χ0v) is 15.0. The average molecular weight is 365 g/mol. The zero-order valence-electron chi connectivity index (χ0n) is 15.0. The van der Waals surface area contributed by atoms with Gasteiger partial charge in [-0.15, -0.1) is 0 Å². The standard InChI is InChI=1S/C19H21F2NO4/c1-12(13-5-10-16(25-3)17(11-13)26-4)22-18(23)19(20,21)14-6-8-15(24-2)9-7-14/h5-12H,1-4H3,(H,22,23)/t12-/m0/s1. The van der Waals surface area contributed by atoms with Gasteiger partial charge in [-0.2, -0.15) is 8.78 Å². The number of carbonyl (C=O) groups excluding carboxylic acids is 1. The van der Waals surface area contributed by atoms with E-state index in [-0.39, 0.29) is 0 Å². The predicted octanol–water partition coefficient (Wildman–Crippen LogP) is 3.68. The number of benzene rings is 2. The summed E-state index contributed by atoms with van der Waals surface area (Å²) in [6.07, 6.45) is 0. The maximum atomic E-state index is 14.4. The molecular weight excluding hydrogens is 344 g/mol. The van der Waals surface area contributed by atoms with Crippen LogP contribution in [0.4, 0.5) is 8.78 Å². The first kappa shape index (κ1) is 19.5. The van der Waals surface area contributed by atoms with Gasteiger partial charge < -0.3 is 19.5 Å². The number of halogens is 2. The Hall–Kier alpha value is -2.83. The molecule has 0 unspecified atom stereocenters. The normalized spacial score (nSPS) is 12.2. The van der Waals surface area contributed by atoms with Gasteiger partial charge in [-0.25, -0.2) is 0 Å². The lowest BCUT2D eigenvalue weighted by molar-refractivity contribution is -0.147. The highest BCUT2D eigenvalue weighted by molar-refractivity contribution is 5.85. The molecule has 2 aromatic carbocycles. The molecule has 0 radical (unpaired) electrons. The summed E-state index contributed by atoms with van der Waals surface area (Å²) in [6, 6.07) is 9.42. The Labute approximate surface area is 150 Å². The van der Waals surface area contributed by atoms with Crippen LogP contribution >= 0.6 is 0 Å². The van der Waals surface area contributed by atoms with E-state index < -0.39 is 23.4 Å². The number of hydrogen-bond acceptors (Lipinski definition) is 4. The number of ether oxygens (including phenoxy) is 3. The number of hydrogen-bond donors (Lipinski definition) is 1. The summed E-state index contributed by atoms with van der Waals surface area (Å²) in [7, 11) is 4.41. The maximum absolute atomic E-state index is 14.4. The second-order valence-corrected chi connectivity index (χ2v) is 5.61. The van der Waals surface area contributed by atoms with Gasteiger partial charge in [0, 0.05) is 5.56 Å². The molecule has 0 aliphatic rings. The third-order valence-electron chi connectivity index (χ3n) is 3.99. The molecule has 0 saturated carbocycles. The van der Waals surface area contributed by atoms with E-state index in [1.165, 1.54) is 45.6 Å². The molecule has 0 spiro atoms. The molecule has 5 nitrogen and oxygen atoms in total.